The lowest BCUT2D eigenvalue weighted by Crippen LogP contribution is -2.48. The predicted molar refractivity (Wildman–Crippen MR) is 174 cm³/mol. The van der Waals surface area contributed by atoms with Gasteiger partial charge in [0.15, 0.2) is 11.4 Å². The molecule has 1 saturated heterocycles. The van der Waals surface area contributed by atoms with E-state index in [0.29, 0.717) is 35.0 Å². The Balaban J connectivity index is 1.08. The Hall–Kier alpha value is -5.15. The van der Waals surface area contributed by atoms with E-state index in [1.54, 1.807) is 11.6 Å². The van der Waals surface area contributed by atoms with Crippen LogP contribution in [0.5, 0.6) is 11.5 Å². The van der Waals surface area contributed by atoms with Crippen molar-refractivity contribution < 1.29 is 18.7 Å². The average molecular weight is 602 g/mol. The molecular weight excluding hydrogens is 566 g/mol. The minimum Gasteiger partial charge on any atom is -0.497 e. The highest BCUT2D eigenvalue weighted by atomic mass is 16.5. The van der Waals surface area contributed by atoms with E-state index in [1.807, 2.05) is 96.9 Å². The minimum atomic E-state index is 0.0920. The van der Waals surface area contributed by atoms with Crippen molar-refractivity contribution in [1.29, 1.82) is 0 Å². The molecule has 228 valence electrons. The molecule has 1 aliphatic heterocycles. The van der Waals surface area contributed by atoms with Crippen molar-refractivity contribution in [3.05, 3.63) is 102 Å². The summed E-state index contributed by atoms with van der Waals surface area (Å²) < 4.78 is 19.9. The van der Waals surface area contributed by atoms with Crippen LogP contribution in [0.4, 0.5) is 0 Å². The molecule has 4 heterocycles. The lowest BCUT2D eigenvalue weighted by molar-refractivity contribution is 0.0643. The van der Waals surface area contributed by atoms with Crippen LogP contribution in [0.25, 0.3) is 39.2 Å². The van der Waals surface area contributed by atoms with Gasteiger partial charge in [-0.1, -0.05) is 31.2 Å². The van der Waals surface area contributed by atoms with Gasteiger partial charge in [0.2, 0.25) is 0 Å². The minimum absolute atomic E-state index is 0.0920. The highest BCUT2D eigenvalue weighted by Gasteiger charge is 2.21. The van der Waals surface area contributed by atoms with Gasteiger partial charge in [-0.05, 0) is 73.1 Å². The lowest BCUT2D eigenvalue weighted by atomic mass is 10.0. The molecule has 9 nitrogen and oxygen atoms in total. The number of nitrogens with zero attached hydrogens (tertiary/aromatic N) is 5. The predicted octanol–water partition coefficient (Wildman–Crippen LogP) is 6.48. The van der Waals surface area contributed by atoms with Crippen LogP contribution in [0.3, 0.4) is 0 Å². The van der Waals surface area contributed by atoms with Crippen molar-refractivity contribution in [2.24, 2.45) is 0 Å². The number of hydrogen-bond acceptors (Lipinski definition) is 7. The number of carbonyl (C=O) groups excluding carboxylic acids is 1. The Bertz CT molecular complexity index is 1990. The van der Waals surface area contributed by atoms with Crippen molar-refractivity contribution in [2.45, 2.75) is 20.5 Å². The summed E-state index contributed by atoms with van der Waals surface area (Å²) in [6.45, 7) is 8.84. The van der Waals surface area contributed by atoms with Gasteiger partial charge >= 0.3 is 0 Å². The van der Waals surface area contributed by atoms with Gasteiger partial charge in [0.25, 0.3) is 5.91 Å². The smallest absolute Gasteiger partial charge is 0.253 e. The number of imidazole rings is 1. The second kappa shape index (κ2) is 12.1. The summed E-state index contributed by atoms with van der Waals surface area (Å²) in [5.74, 6) is 2.16. The Labute approximate surface area is 261 Å². The van der Waals surface area contributed by atoms with Crippen LogP contribution in [-0.4, -0.2) is 70.1 Å². The second-order valence-electron chi connectivity index (χ2n) is 11.3. The third kappa shape index (κ3) is 5.86. The van der Waals surface area contributed by atoms with E-state index in [-0.39, 0.29) is 5.91 Å². The molecule has 3 aromatic carbocycles. The first-order chi connectivity index (χ1) is 22.0. The monoisotopic (exact) mass is 601 g/mol. The van der Waals surface area contributed by atoms with E-state index < -0.39 is 0 Å². The summed E-state index contributed by atoms with van der Waals surface area (Å²) in [6.07, 6.45) is 1.87. The average Bonchev–Trinajstić information content (AvgIpc) is 3.71. The van der Waals surface area contributed by atoms with Gasteiger partial charge in [-0.2, -0.15) is 5.10 Å². The summed E-state index contributed by atoms with van der Waals surface area (Å²) in [7, 11) is 1.64. The number of methoxy groups -OCH3 is 1. The Morgan fingerprint density at radius 2 is 1.73 bits per heavy atom. The number of ether oxygens (including phenoxy) is 2. The maximum absolute atomic E-state index is 13.1. The lowest BCUT2D eigenvalue weighted by Gasteiger charge is -2.34. The highest BCUT2D eigenvalue weighted by molar-refractivity contribution is 5.95. The number of piperazine rings is 1. The van der Waals surface area contributed by atoms with Gasteiger partial charge in [-0.3, -0.25) is 4.79 Å². The summed E-state index contributed by atoms with van der Waals surface area (Å²) in [6, 6.07) is 25.5. The molecule has 9 heteroatoms. The molecule has 3 aromatic heterocycles. The van der Waals surface area contributed by atoms with Crippen LogP contribution >= 0.6 is 0 Å². The van der Waals surface area contributed by atoms with Crippen LogP contribution in [0, 0.1) is 6.92 Å². The molecule has 0 bridgehead atoms. The maximum atomic E-state index is 13.1. The largest absolute Gasteiger partial charge is 0.497 e. The quantitative estimate of drug-likeness (QED) is 0.197. The Kier molecular flexibility index (Phi) is 7.69. The molecule has 0 atom stereocenters. The molecule has 6 aromatic rings. The number of aromatic nitrogens is 3. The Morgan fingerprint density at radius 3 is 2.51 bits per heavy atom. The van der Waals surface area contributed by atoms with Gasteiger partial charge < -0.3 is 23.7 Å². The zero-order valence-corrected chi connectivity index (χ0v) is 25.7. The molecule has 0 N–H and O–H groups in total. The highest BCUT2D eigenvalue weighted by Crippen LogP contribution is 2.34. The van der Waals surface area contributed by atoms with Crippen molar-refractivity contribution in [3.8, 4) is 34.1 Å². The Morgan fingerprint density at radius 1 is 0.911 bits per heavy atom. The number of rotatable bonds is 8. The number of aryl methyl sites for hydroxylation is 1. The van der Waals surface area contributed by atoms with Crippen LogP contribution < -0.4 is 9.47 Å². The topological polar surface area (TPSA) is 85.3 Å². The normalized spacial score (nSPS) is 13.9. The van der Waals surface area contributed by atoms with Gasteiger partial charge in [0, 0.05) is 48.8 Å². The van der Waals surface area contributed by atoms with Crippen LogP contribution in [-0.2, 0) is 6.61 Å². The first kappa shape index (κ1) is 28.6. The number of carbonyl (C=O) groups is 1. The molecule has 0 saturated carbocycles. The van der Waals surface area contributed by atoms with Crippen LogP contribution in [0.15, 0.2) is 89.5 Å². The first-order valence-electron chi connectivity index (χ1n) is 15.3. The van der Waals surface area contributed by atoms with Crippen molar-refractivity contribution in [3.63, 3.8) is 0 Å². The molecule has 1 amide bonds. The number of likely N-dealkylation sites (N-methyl/N-ethyl adjacent to an activating group) is 1. The molecular formula is C36H35N5O4. The van der Waals surface area contributed by atoms with Gasteiger partial charge in [-0.25, -0.2) is 9.50 Å². The molecule has 7 rings (SSSR count). The fourth-order valence-electron chi connectivity index (χ4n) is 5.82. The fraction of sp³-hybridized carbons (Fsp3) is 0.250. The second-order valence-corrected chi connectivity index (χ2v) is 11.3. The molecule has 0 spiro atoms. The van der Waals surface area contributed by atoms with Gasteiger partial charge in [-0.15, -0.1) is 0 Å². The molecule has 1 fully saturated rings. The third-order valence-corrected chi connectivity index (χ3v) is 8.44. The van der Waals surface area contributed by atoms with E-state index in [9.17, 15) is 4.79 Å². The standard InChI is InChI=1S/C36H35N5O4/c1-4-39-14-16-40(17-15-39)36(42)26-11-9-25(10-12-26)27-6-5-7-29(18-27)44-23-28-19-30(43-3)20-33-31(28)21-34(45-33)32-22-41-35(37-32)13-8-24(2)38-41/h5-13,18-22H,4,14-17,23H2,1-3H3. The third-order valence-electron chi connectivity index (χ3n) is 8.44. The molecule has 0 radical (unpaired) electrons. The maximum Gasteiger partial charge on any atom is 0.253 e. The SMILES string of the molecule is CCN1CCN(C(=O)c2ccc(-c3cccc(OCc4cc(OC)cc5oc(-c6cn7nc(C)ccc7n6)cc45)c3)cc2)CC1. The van der Waals surface area contributed by atoms with Crippen molar-refractivity contribution in [2.75, 3.05) is 39.8 Å². The zero-order chi connectivity index (χ0) is 30.9. The summed E-state index contributed by atoms with van der Waals surface area (Å²) in [4.78, 5) is 22.1. The molecule has 45 heavy (non-hydrogen) atoms. The van der Waals surface area contributed by atoms with E-state index in [1.165, 1.54) is 0 Å². The summed E-state index contributed by atoms with van der Waals surface area (Å²) in [5, 5.41) is 5.43. The molecule has 0 unspecified atom stereocenters. The van der Waals surface area contributed by atoms with Crippen molar-refractivity contribution >= 4 is 22.5 Å². The van der Waals surface area contributed by atoms with E-state index in [0.717, 1.165) is 71.9 Å². The fourth-order valence-corrected chi connectivity index (χ4v) is 5.82. The number of furan rings is 1. The van der Waals surface area contributed by atoms with Crippen LogP contribution in [0.1, 0.15) is 28.5 Å². The first-order valence-corrected chi connectivity index (χ1v) is 15.3. The van der Waals surface area contributed by atoms with Crippen LogP contribution in [0.2, 0.25) is 0 Å². The number of hydrogen-bond donors (Lipinski definition) is 0. The number of benzene rings is 3. The van der Waals surface area contributed by atoms with Gasteiger partial charge in [0.1, 0.15) is 29.4 Å². The van der Waals surface area contributed by atoms with E-state index in [2.05, 4.69) is 21.9 Å². The number of amides is 1. The van der Waals surface area contributed by atoms with Gasteiger partial charge in [0.05, 0.1) is 19.0 Å². The zero-order valence-electron chi connectivity index (χ0n) is 25.7. The summed E-state index contributed by atoms with van der Waals surface area (Å²) in [5.41, 5.74) is 6.75. The van der Waals surface area contributed by atoms with Crippen molar-refractivity contribution in [1.82, 2.24) is 24.4 Å². The molecule has 0 aliphatic carbocycles. The molecule has 1 aliphatic rings. The summed E-state index contributed by atoms with van der Waals surface area (Å²) >= 11 is 0. The number of fused-ring (bicyclic) bond motifs is 2. The van der Waals surface area contributed by atoms with E-state index in [4.69, 9.17) is 13.9 Å². The van der Waals surface area contributed by atoms with E-state index >= 15 is 0 Å².